The fraction of sp³-hybridized carbons (Fsp3) is 0.424. The lowest BCUT2D eigenvalue weighted by Crippen LogP contribution is -2.41. The summed E-state index contributed by atoms with van der Waals surface area (Å²) in [4.78, 5) is 6.97. The number of sulfonamides is 2. The van der Waals surface area contributed by atoms with E-state index in [-0.39, 0.29) is 15.7 Å². The van der Waals surface area contributed by atoms with Gasteiger partial charge in [0.25, 0.3) is 20.0 Å². The molecular formula is C33H42N4O5S2. The van der Waals surface area contributed by atoms with E-state index in [9.17, 15) is 0 Å². The topological polar surface area (TPSA) is 102 Å². The summed E-state index contributed by atoms with van der Waals surface area (Å²) in [6.07, 6.45) is 0. The van der Waals surface area contributed by atoms with Crippen LogP contribution in [0, 0.1) is 55.4 Å². The van der Waals surface area contributed by atoms with Gasteiger partial charge in [-0.1, -0.05) is 24.3 Å². The number of fused-ring (bicyclic) bond motifs is 1. The molecule has 4 aromatic rings. The van der Waals surface area contributed by atoms with E-state index in [0.29, 0.717) is 63.3 Å². The summed E-state index contributed by atoms with van der Waals surface area (Å²) < 4.78 is 68.2. The van der Waals surface area contributed by atoms with Gasteiger partial charge in [0.2, 0.25) is 5.95 Å². The number of morpholine rings is 1. The second-order valence-electron chi connectivity index (χ2n) is 11.9. The van der Waals surface area contributed by atoms with E-state index >= 15 is 16.8 Å². The Hall–Kier alpha value is -3.25. The SMILES string of the molecule is Cc1cc(C)c(C)c(S(=O)(=O)N(c2nc3ccccc3n2CCN2CCOCC2)S(=O)(=O)c2c(C)c(C)cc(C)c2C)c1C. The van der Waals surface area contributed by atoms with Gasteiger partial charge >= 0.3 is 0 Å². The van der Waals surface area contributed by atoms with Gasteiger partial charge in [0.1, 0.15) is 0 Å². The molecule has 3 aromatic carbocycles. The van der Waals surface area contributed by atoms with Crippen molar-refractivity contribution in [2.24, 2.45) is 0 Å². The maximum atomic E-state index is 15.1. The van der Waals surface area contributed by atoms with Crippen molar-refractivity contribution in [2.45, 2.75) is 71.7 Å². The maximum absolute atomic E-state index is 15.1. The molecule has 9 nitrogen and oxygen atoms in total. The van der Waals surface area contributed by atoms with Crippen molar-refractivity contribution in [1.29, 1.82) is 0 Å². The van der Waals surface area contributed by atoms with Crippen LogP contribution in [0.15, 0.2) is 46.2 Å². The summed E-state index contributed by atoms with van der Waals surface area (Å²) in [7, 11) is -9.42. The highest BCUT2D eigenvalue weighted by atomic mass is 32.3. The molecule has 1 aromatic heterocycles. The highest BCUT2D eigenvalue weighted by molar-refractivity contribution is 8.10. The molecule has 236 valence electrons. The molecule has 0 unspecified atom stereocenters. The van der Waals surface area contributed by atoms with Crippen molar-refractivity contribution < 1.29 is 21.6 Å². The first-order valence-corrected chi connectivity index (χ1v) is 17.8. The molecule has 0 bridgehead atoms. The van der Waals surface area contributed by atoms with Crippen molar-refractivity contribution >= 4 is 37.0 Å². The number of hydrogen-bond acceptors (Lipinski definition) is 7. The number of hydrogen-bond donors (Lipinski definition) is 0. The van der Waals surface area contributed by atoms with Crippen LogP contribution in [0.25, 0.3) is 11.0 Å². The van der Waals surface area contributed by atoms with Gasteiger partial charge in [0.15, 0.2) is 0 Å². The first kappa shape index (κ1) is 32.2. The third-order valence-electron chi connectivity index (χ3n) is 9.09. The molecule has 0 saturated carbocycles. The summed E-state index contributed by atoms with van der Waals surface area (Å²) in [5.74, 6) is -0.143. The van der Waals surface area contributed by atoms with Crippen LogP contribution < -0.4 is 3.71 Å². The Morgan fingerprint density at radius 2 is 1.16 bits per heavy atom. The summed E-state index contributed by atoms with van der Waals surface area (Å²) >= 11 is 0. The van der Waals surface area contributed by atoms with E-state index in [1.54, 1.807) is 38.3 Å². The van der Waals surface area contributed by atoms with Gasteiger partial charge in [-0.25, -0.2) is 4.98 Å². The van der Waals surface area contributed by atoms with Crippen molar-refractivity contribution in [2.75, 3.05) is 36.6 Å². The van der Waals surface area contributed by atoms with E-state index in [0.717, 1.165) is 35.3 Å². The Kier molecular flexibility index (Phi) is 8.71. The van der Waals surface area contributed by atoms with Crippen LogP contribution in [0.2, 0.25) is 0 Å². The molecule has 0 spiro atoms. The van der Waals surface area contributed by atoms with Gasteiger partial charge in [0, 0.05) is 26.2 Å². The Morgan fingerprint density at radius 3 is 1.64 bits per heavy atom. The van der Waals surface area contributed by atoms with Crippen molar-refractivity contribution in [3.63, 3.8) is 0 Å². The average molecular weight is 639 g/mol. The Balaban J connectivity index is 1.85. The number of nitrogens with zero attached hydrogens (tertiary/aromatic N) is 4. The normalized spacial score (nSPS) is 14.8. The summed E-state index contributed by atoms with van der Waals surface area (Å²) in [5.41, 5.74) is 6.29. The van der Waals surface area contributed by atoms with E-state index < -0.39 is 20.0 Å². The van der Waals surface area contributed by atoms with Crippen LogP contribution in [0.5, 0.6) is 0 Å². The van der Waals surface area contributed by atoms with Crippen LogP contribution in [-0.2, 0) is 31.3 Å². The molecule has 2 heterocycles. The minimum absolute atomic E-state index is 0.00922. The Morgan fingerprint density at radius 1 is 0.705 bits per heavy atom. The molecule has 0 amide bonds. The second kappa shape index (κ2) is 11.9. The van der Waals surface area contributed by atoms with Crippen LogP contribution >= 0.6 is 0 Å². The number of aromatic nitrogens is 2. The van der Waals surface area contributed by atoms with Gasteiger partial charge < -0.3 is 9.30 Å². The smallest absolute Gasteiger partial charge is 0.280 e. The number of ether oxygens (including phenoxy) is 1. The number of imidazole rings is 1. The van der Waals surface area contributed by atoms with Gasteiger partial charge in [-0.05, 0) is 112 Å². The second-order valence-corrected chi connectivity index (χ2v) is 15.6. The van der Waals surface area contributed by atoms with Gasteiger partial charge in [-0.15, -0.1) is 3.71 Å². The zero-order valence-corrected chi connectivity index (χ0v) is 28.5. The van der Waals surface area contributed by atoms with E-state index in [4.69, 9.17) is 9.72 Å². The molecule has 0 aliphatic carbocycles. The minimum Gasteiger partial charge on any atom is -0.379 e. The fourth-order valence-electron chi connectivity index (χ4n) is 6.13. The third kappa shape index (κ3) is 5.44. The number of rotatable bonds is 8. The largest absolute Gasteiger partial charge is 0.379 e. The fourth-order valence-corrected chi connectivity index (χ4v) is 10.8. The summed E-state index contributed by atoms with van der Waals surface area (Å²) in [5, 5.41) is 0. The quantitative estimate of drug-likeness (QED) is 0.254. The predicted molar refractivity (Wildman–Crippen MR) is 175 cm³/mol. The molecule has 0 N–H and O–H groups in total. The highest BCUT2D eigenvalue weighted by Gasteiger charge is 2.44. The minimum atomic E-state index is -4.71. The molecule has 0 atom stereocenters. The molecule has 44 heavy (non-hydrogen) atoms. The first-order valence-electron chi connectivity index (χ1n) is 14.9. The standard InChI is InChI=1S/C33H42N4O5S2/c1-21-19-22(2)26(6)31(25(21)5)43(38,39)37(44(40,41)32-27(7)23(3)20-24(4)28(32)8)33-34-29-11-9-10-12-30(29)36(33)14-13-35-15-17-42-18-16-35/h9-12,19-20H,13-18H2,1-8H3. The van der Waals surface area contributed by atoms with Crippen LogP contribution in [0.4, 0.5) is 5.95 Å². The lowest BCUT2D eigenvalue weighted by atomic mass is 10.0. The number of anilines is 1. The molecular weight excluding hydrogens is 597 g/mol. The van der Waals surface area contributed by atoms with Crippen molar-refractivity contribution in [1.82, 2.24) is 14.5 Å². The molecule has 0 radical (unpaired) electrons. The molecule has 1 aliphatic heterocycles. The van der Waals surface area contributed by atoms with Gasteiger partial charge in [-0.2, -0.15) is 16.8 Å². The zero-order valence-electron chi connectivity index (χ0n) is 26.9. The van der Waals surface area contributed by atoms with E-state index in [2.05, 4.69) is 4.90 Å². The molecule has 1 fully saturated rings. The summed E-state index contributed by atoms with van der Waals surface area (Å²) in [6.45, 7) is 17.9. The van der Waals surface area contributed by atoms with Crippen LogP contribution in [0.3, 0.4) is 0 Å². The van der Waals surface area contributed by atoms with Gasteiger partial charge in [-0.3, -0.25) is 4.90 Å². The molecule has 1 saturated heterocycles. The van der Waals surface area contributed by atoms with Crippen molar-refractivity contribution in [3.8, 4) is 0 Å². The monoisotopic (exact) mass is 638 g/mol. The maximum Gasteiger partial charge on any atom is 0.280 e. The zero-order chi connectivity index (χ0) is 32.1. The van der Waals surface area contributed by atoms with E-state index in [1.165, 1.54) is 0 Å². The number of aryl methyl sites for hydroxylation is 4. The van der Waals surface area contributed by atoms with Gasteiger partial charge in [0.05, 0.1) is 34.0 Å². The predicted octanol–water partition coefficient (Wildman–Crippen LogP) is 5.42. The summed E-state index contributed by atoms with van der Waals surface area (Å²) in [6, 6.07) is 11.2. The van der Waals surface area contributed by atoms with Crippen LogP contribution in [-0.4, -0.2) is 64.1 Å². The number of benzene rings is 3. The van der Waals surface area contributed by atoms with E-state index in [1.807, 2.05) is 58.0 Å². The van der Waals surface area contributed by atoms with Crippen LogP contribution in [0.1, 0.15) is 44.5 Å². The average Bonchev–Trinajstić information content (AvgIpc) is 3.31. The highest BCUT2D eigenvalue weighted by Crippen LogP contribution is 2.39. The first-order chi connectivity index (χ1) is 20.7. The molecule has 5 rings (SSSR count). The Labute approximate surface area is 261 Å². The number of para-hydroxylation sites is 2. The lowest BCUT2D eigenvalue weighted by Gasteiger charge is -2.29. The molecule has 1 aliphatic rings. The third-order valence-corrected chi connectivity index (χ3v) is 13.7. The van der Waals surface area contributed by atoms with Crippen molar-refractivity contribution in [3.05, 3.63) is 80.9 Å². The Bertz CT molecular complexity index is 1830. The molecule has 11 heteroatoms. The lowest BCUT2D eigenvalue weighted by molar-refractivity contribution is 0.0366.